The summed E-state index contributed by atoms with van der Waals surface area (Å²) in [5.74, 6) is -0.386. The zero-order valence-electron chi connectivity index (χ0n) is 14.7. The topological polar surface area (TPSA) is 84.9 Å². The molecule has 0 unspecified atom stereocenters. The fourth-order valence-corrected chi connectivity index (χ4v) is 4.09. The van der Waals surface area contributed by atoms with E-state index in [4.69, 9.17) is 21.1 Å². The van der Waals surface area contributed by atoms with E-state index in [9.17, 15) is 13.2 Å². The van der Waals surface area contributed by atoms with Crippen molar-refractivity contribution >= 4 is 27.5 Å². The van der Waals surface area contributed by atoms with Gasteiger partial charge in [0.25, 0.3) is 5.91 Å². The van der Waals surface area contributed by atoms with Gasteiger partial charge in [0.05, 0.1) is 24.8 Å². The minimum absolute atomic E-state index is 0.0677. The van der Waals surface area contributed by atoms with E-state index in [2.05, 4.69) is 5.32 Å². The number of nitrogens with one attached hydrogen (secondary N) is 1. The second-order valence-corrected chi connectivity index (χ2v) is 7.41. The molecule has 0 atom stereocenters. The first kappa shape index (κ1) is 21.9. The highest BCUT2D eigenvalue weighted by molar-refractivity contribution is 7.89. The lowest BCUT2D eigenvalue weighted by Gasteiger charge is -2.19. The summed E-state index contributed by atoms with van der Waals surface area (Å²) in [6, 6.07) is 4.21. The molecule has 0 saturated carbocycles. The van der Waals surface area contributed by atoms with Crippen molar-refractivity contribution in [3.63, 3.8) is 0 Å². The molecule has 1 rings (SSSR count). The van der Waals surface area contributed by atoms with Crippen LogP contribution in [0.4, 0.5) is 0 Å². The predicted molar refractivity (Wildman–Crippen MR) is 96.6 cm³/mol. The van der Waals surface area contributed by atoms with Crippen molar-refractivity contribution in [1.29, 1.82) is 0 Å². The number of ether oxygens (including phenoxy) is 2. The number of amides is 1. The van der Waals surface area contributed by atoms with Crippen LogP contribution < -0.4 is 5.32 Å². The second-order valence-electron chi connectivity index (χ2n) is 5.10. The average molecular weight is 393 g/mol. The molecule has 0 radical (unpaired) electrons. The van der Waals surface area contributed by atoms with Gasteiger partial charge in [-0.25, -0.2) is 8.42 Å². The van der Waals surface area contributed by atoms with E-state index in [0.29, 0.717) is 39.5 Å². The third kappa shape index (κ3) is 6.23. The van der Waals surface area contributed by atoms with Gasteiger partial charge in [-0.15, -0.1) is 0 Å². The molecule has 0 saturated heterocycles. The van der Waals surface area contributed by atoms with Gasteiger partial charge in [-0.3, -0.25) is 4.79 Å². The van der Waals surface area contributed by atoms with Gasteiger partial charge in [0.1, 0.15) is 4.90 Å². The lowest BCUT2D eigenvalue weighted by Crippen LogP contribution is -2.31. The highest BCUT2D eigenvalue weighted by Crippen LogP contribution is 2.25. The Morgan fingerprint density at radius 3 is 2.48 bits per heavy atom. The minimum Gasteiger partial charge on any atom is -0.382 e. The summed E-state index contributed by atoms with van der Waals surface area (Å²) in [5.41, 5.74) is 0.229. The first-order valence-corrected chi connectivity index (χ1v) is 9.84. The summed E-state index contributed by atoms with van der Waals surface area (Å²) in [4.78, 5) is 12.1. The Kier molecular flexibility index (Phi) is 9.37. The third-order valence-electron chi connectivity index (χ3n) is 3.48. The Morgan fingerprint density at radius 2 is 1.88 bits per heavy atom. The van der Waals surface area contributed by atoms with Crippen LogP contribution in [0.5, 0.6) is 0 Å². The van der Waals surface area contributed by atoms with Crippen molar-refractivity contribution in [2.24, 2.45) is 0 Å². The van der Waals surface area contributed by atoms with Gasteiger partial charge in [0.15, 0.2) is 0 Å². The number of benzene rings is 1. The normalized spacial score (nSPS) is 11.7. The molecule has 0 heterocycles. The van der Waals surface area contributed by atoms with Gasteiger partial charge in [-0.2, -0.15) is 4.31 Å². The van der Waals surface area contributed by atoms with Gasteiger partial charge in [0, 0.05) is 32.3 Å². The monoisotopic (exact) mass is 392 g/mol. The highest BCUT2D eigenvalue weighted by atomic mass is 35.5. The van der Waals surface area contributed by atoms with E-state index < -0.39 is 10.0 Å². The molecule has 0 aliphatic carbocycles. The zero-order valence-corrected chi connectivity index (χ0v) is 16.3. The van der Waals surface area contributed by atoms with Gasteiger partial charge in [-0.05, 0) is 18.2 Å². The molecule has 0 aliphatic heterocycles. The van der Waals surface area contributed by atoms with Gasteiger partial charge < -0.3 is 14.8 Å². The van der Waals surface area contributed by atoms with E-state index in [1.165, 1.54) is 22.5 Å². The molecule has 1 aromatic carbocycles. The van der Waals surface area contributed by atoms with E-state index in [1.54, 1.807) is 21.0 Å². The first-order chi connectivity index (χ1) is 11.9. The first-order valence-electron chi connectivity index (χ1n) is 8.03. The maximum atomic E-state index is 12.6. The second kappa shape index (κ2) is 10.7. The highest BCUT2D eigenvalue weighted by Gasteiger charge is 2.25. The van der Waals surface area contributed by atoms with Crippen molar-refractivity contribution < 1.29 is 22.7 Å². The average Bonchev–Trinajstić information content (AvgIpc) is 2.58. The number of carbonyl (C=O) groups is 1. The molecule has 7 nitrogen and oxygen atoms in total. The van der Waals surface area contributed by atoms with Crippen LogP contribution in [0.25, 0.3) is 0 Å². The van der Waals surface area contributed by atoms with Crippen LogP contribution in [-0.2, 0) is 19.5 Å². The smallest absolute Gasteiger partial charge is 0.251 e. The van der Waals surface area contributed by atoms with Gasteiger partial charge >= 0.3 is 0 Å². The fourth-order valence-electron chi connectivity index (χ4n) is 2.13. The molecular weight excluding hydrogens is 368 g/mol. The maximum Gasteiger partial charge on any atom is 0.251 e. The summed E-state index contributed by atoms with van der Waals surface area (Å²) < 4.78 is 36.7. The Labute approximate surface area is 154 Å². The molecule has 1 N–H and O–H groups in total. The Bertz CT molecular complexity index is 662. The number of hydrogen-bond acceptors (Lipinski definition) is 5. The quantitative estimate of drug-likeness (QED) is 0.580. The Balaban J connectivity index is 2.82. The van der Waals surface area contributed by atoms with E-state index in [1.807, 2.05) is 0 Å². The molecule has 25 heavy (non-hydrogen) atoms. The number of rotatable bonds is 11. The van der Waals surface area contributed by atoms with Gasteiger partial charge in [-0.1, -0.05) is 25.4 Å². The summed E-state index contributed by atoms with van der Waals surface area (Å²) in [7, 11) is -2.16. The minimum atomic E-state index is -3.74. The molecule has 0 fully saturated rings. The summed E-state index contributed by atoms with van der Waals surface area (Å²) in [5, 5.41) is 2.76. The number of sulfonamides is 1. The molecule has 0 aromatic heterocycles. The van der Waals surface area contributed by atoms with Crippen LogP contribution in [0.3, 0.4) is 0 Å². The SMILES string of the molecule is CCN(CC)S(=O)(=O)c1cc(C(=O)NCCOCCOC)ccc1Cl. The predicted octanol–water partition coefficient (Wildman–Crippen LogP) is 1.76. The largest absolute Gasteiger partial charge is 0.382 e. The molecule has 1 amide bonds. The van der Waals surface area contributed by atoms with E-state index in [-0.39, 0.29) is 21.4 Å². The number of carbonyl (C=O) groups excluding carboxylic acids is 1. The summed E-state index contributed by atoms with van der Waals surface area (Å²) in [6.07, 6.45) is 0. The molecular formula is C16H25ClN2O5S. The molecule has 9 heteroatoms. The zero-order chi connectivity index (χ0) is 18.9. The third-order valence-corrected chi connectivity index (χ3v) is 6.01. The van der Waals surface area contributed by atoms with Crippen LogP contribution in [-0.4, -0.2) is 65.2 Å². The van der Waals surface area contributed by atoms with Crippen LogP contribution >= 0.6 is 11.6 Å². The van der Waals surface area contributed by atoms with Crippen molar-refractivity contribution in [2.45, 2.75) is 18.7 Å². The molecule has 142 valence electrons. The van der Waals surface area contributed by atoms with Crippen molar-refractivity contribution in [3.8, 4) is 0 Å². The maximum absolute atomic E-state index is 12.6. The number of nitrogens with zero attached hydrogens (tertiary/aromatic N) is 1. The number of halogens is 1. The lowest BCUT2D eigenvalue weighted by atomic mass is 10.2. The van der Waals surface area contributed by atoms with Crippen molar-refractivity contribution in [2.75, 3.05) is 46.6 Å². The van der Waals surface area contributed by atoms with Crippen LogP contribution in [0.1, 0.15) is 24.2 Å². The number of methoxy groups -OCH3 is 1. The summed E-state index contributed by atoms with van der Waals surface area (Å²) >= 11 is 6.05. The Hall–Kier alpha value is -1.19. The standard InChI is InChI=1S/C16H25ClN2O5S/c1-4-19(5-2)25(21,22)15-12-13(6-7-14(15)17)16(20)18-8-9-24-11-10-23-3/h6-7,12H,4-5,8-11H2,1-3H3,(H,18,20). The van der Waals surface area contributed by atoms with Crippen molar-refractivity contribution in [1.82, 2.24) is 9.62 Å². The lowest BCUT2D eigenvalue weighted by molar-refractivity contribution is 0.0692. The molecule has 0 spiro atoms. The number of hydrogen-bond donors (Lipinski definition) is 1. The summed E-state index contributed by atoms with van der Waals surface area (Å²) in [6.45, 7) is 5.72. The van der Waals surface area contributed by atoms with Crippen molar-refractivity contribution in [3.05, 3.63) is 28.8 Å². The molecule has 0 aliphatic rings. The van der Waals surface area contributed by atoms with Crippen LogP contribution in [0.2, 0.25) is 5.02 Å². The molecule has 1 aromatic rings. The molecule has 0 bridgehead atoms. The van der Waals surface area contributed by atoms with E-state index in [0.717, 1.165) is 0 Å². The fraction of sp³-hybridized carbons (Fsp3) is 0.562. The van der Waals surface area contributed by atoms with Gasteiger partial charge in [0.2, 0.25) is 10.0 Å². The van der Waals surface area contributed by atoms with Crippen LogP contribution in [0, 0.1) is 0 Å². The Morgan fingerprint density at radius 1 is 1.20 bits per heavy atom. The van der Waals surface area contributed by atoms with E-state index >= 15 is 0 Å². The van der Waals surface area contributed by atoms with Crippen LogP contribution in [0.15, 0.2) is 23.1 Å².